The second kappa shape index (κ2) is 6.13. The molecule has 112 valence electrons. The molecule has 1 saturated heterocycles. The van der Waals surface area contributed by atoms with Crippen LogP contribution >= 0.6 is 11.6 Å². The first-order valence-corrected chi connectivity index (χ1v) is 6.79. The number of aliphatic carboxylic acids is 1. The number of carbonyl (C=O) groups excluding carboxylic acids is 2. The molecule has 21 heavy (non-hydrogen) atoms. The molecule has 2 amide bonds. The summed E-state index contributed by atoms with van der Waals surface area (Å²) in [6.07, 6.45) is 0.0635. The molecule has 6 nitrogen and oxygen atoms in total. The number of hydrogen-bond acceptors (Lipinski definition) is 3. The number of rotatable bonds is 4. The smallest absolute Gasteiger partial charge is 0.323 e. The zero-order chi connectivity index (χ0) is 15.6. The van der Waals surface area contributed by atoms with Crippen molar-refractivity contribution in [2.24, 2.45) is 5.92 Å². The third-order valence-corrected chi connectivity index (χ3v) is 3.69. The first-order valence-electron chi connectivity index (χ1n) is 6.42. The van der Waals surface area contributed by atoms with Gasteiger partial charge in [-0.3, -0.25) is 14.4 Å². The van der Waals surface area contributed by atoms with Gasteiger partial charge in [-0.05, 0) is 12.1 Å². The minimum atomic E-state index is -1.09. The summed E-state index contributed by atoms with van der Waals surface area (Å²) in [7, 11) is 1.42. The minimum Gasteiger partial charge on any atom is -0.480 e. The topological polar surface area (TPSA) is 77.9 Å². The highest BCUT2D eigenvalue weighted by atomic mass is 35.5. The second-order valence-electron chi connectivity index (χ2n) is 4.94. The van der Waals surface area contributed by atoms with Gasteiger partial charge in [-0.15, -0.1) is 0 Å². The van der Waals surface area contributed by atoms with Crippen molar-refractivity contribution in [3.8, 4) is 0 Å². The molecule has 0 aliphatic carbocycles. The highest BCUT2D eigenvalue weighted by molar-refractivity contribution is 6.33. The Hall–Kier alpha value is -2.08. The summed E-state index contributed by atoms with van der Waals surface area (Å²) in [5.74, 6) is -2.17. The molecule has 0 spiro atoms. The van der Waals surface area contributed by atoms with Gasteiger partial charge in [0.05, 0.1) is 16.6 Å². The lowest BCUT2D eigenvalue weighted by Crippen LogP contribution is -2.37. The standard InChI is InChI=1S/C14H15ClN2O4/c1-16(8-13(19)20)14(21)9-6-12(18)17(7-9)11-5-3-2-4-10(11)15/h2-5,9H,6-8H2,1H3,(H,19,20)/t9-/m1/s1. The largest absolute Gasteiger partial charge is 0.480 e. The molecule has 7 heteroatoms. The lowest BCUT2D eigenvalue weighted by Gasteiger charge is -2.20. The number of hydrogen-bond donors (Lipinski definition) is 1. The van der Waals surface area contributed by atoms with Crippen molar-refractivity contribution in [1.29, 1.82) is 0 Å². The van der Waals surface area contributed by atoms with Crippen LogP contribution in [0.5, 0.6) is 0 Å². The number of benzene rings is 1. The molecule has 0 bridgehead atoms. The average Bonchev–Trinajstić information content (AvgIpc) is 2.79. The normalized spacial score (nSPS) is 17.9. The van der Waals surface area contributed by atoms with Gasteiger partial charge in [-0.1, -0.05) is 23.7 Å². The number of para-hydroxylation sites is 1. The van der Waals surface area contributed by atoms with E-state index in [4.69, 9.17) is 16.7 Å². The predicted molar refractivity (Wildman–Crippen MR) is 77.2 cm³/mol. The average molecular weight is 311 g/mol. The maximum atomic E-state index is 12.1. The Morgan fingerprint density at radius 2 is 2.10 bits per heavy atom. The Morgan fingerprint density at radius 1 is 1.43 bits per heavy atom. The van der Waals surface area contributed by atoms with Crippen LogP contribution in [0.3, 0.4) is 0 Å². The van der Waals surface area contributed by atoms with Crippen molar-refractivity contribution in [2.45, 2.75) is 6.42 Å². The fraction of sp³-hybridized carbons (Fsp3) is 0.357. The van der Waals surface area contributed by atoms with Gasteiger partial charge in [0.1, 0.15) is 6.54 Å². The molecule has 1 N–H and O–H groups in total. The third kappa shape index (κ3) is 3.33. The second-order valence-corrected chi connectivity index (χ2v) is 5.35. The van der Waals surface area contributed by atoms with E-state index < -0.39 is 11.9 Å². The van der Waals surface area contributed by atoms with Crippen molar-refractivity contribution in [3.05, 3.63) is 29.3 Å². The molecule has 0 saturated carbocycles. The van der Waals surface area contributed by atoms with Crippen LogP contribution in [0.2, 0.25) is 5.02 Å². The van der Waals surface area contributed by atoms with Crippen molar-refractivity contribution in [1.82, 2.24) is 4.90 Å². The molecule has 1 atom stereocenters. The fourth-order valence-electron chi connectivity index (χ4n) is 2.37. The lowest BCUT2D eigenvalue weighted by molar-refractivity contribution is -0.145. The van der Waals surface area contributed by atoms with Crippen molar-refractivity contribution >= 4 is 35.1 Å². The minimum absolute atomic E-state index is 0.0635. The van der Waals surface area contributed by atoms with Crippen molar-refractivity contribution < 1.29 is 19.5 Å². The van der Waals surface area contributed by atoms with E-state index in [1.54, 1.807) is 24.3 Å². The van der Waals surface area contributed by atoms with E-state index in [2.05, 4.69) is 0 Å². The van der Waals surface area contributed by atoms with Gasteiger partial charge in [0.25, 0.3) is 0 Å². The van der Waals surface area contributed by atoms with E-state index in [1.807, 2.05) is 0 Å². The van der Waals surface area contributed by atoms with Gasteiger partial charge < -0.3 is 14.9 Å². The number of amides is 2. The van der Waals surface area contributed by atoms with Gasteiger partial charge in [0.2, 0.25) is 11.8 Å². The quantitative estimate of drug-likeness (QED) is 0.907. The van der Waals surface area contributed by atoms with Gasteiger partial charge in [-0.2, -0.15) is 0 Å². The summed E-state index contributed by atoms with van der Waals surface area (Å²) in [5, 5.41) is 9.15. The Morgan fingerprint density at radius 3 is 2.71 bits per heavy atom. The zero-order valence-electron chi connectivity index (χ0n) is 11.5. The summed E-state index contributed by atoms with van der Waals surface area (Å²) in [6, 6.07) is 6.92. The Labute approximate surface area is 126 Å². The van der Waals surface area contributed by atoms with Crippen LogP contribution < -0.4 is 4.90 Å². The van der Waals surface area contributed by atoms with E-state index in [9.17, 15) is 14.4 Å². The molecule has 1 aliphatic heterocycles. The van der Waals surface area contributed by atoms with Crippen LogP contribution in [0, 0.1) is 5.92 Å². The summed E-state index contributed by atoms with van der Waals surface area (Å²) in [5.41, 5.74) is 0.570. The zero-order valence-corrected chi connectivity index (χ0v) is 12.2. The van der Waals surface area contributed by atoms with Crippen molar-refractivity contribution in [2.75, 3.05) is 25.0 Å². The molecule has 1 aliphatic rings. The fourth-order valence-corrected chi connectivity index (χ4v) is 2.61. The van der Waals surface area contributed by atoms with E-state index >= 15 is 0 Å². The molecule has 1 fully saturated rings. The molecular formula is C14H15ClN2O4. The molecule has 1 aromatic rings. The Balaban J connectivity index is 2.11. The Bertz CT molecular complexity index is 590. The maximum absolute atomic E-state index is 12.1. The van der Waals surface area contributed by atoms with E-state index in [1.165, 1.54) is 11.9 Å². The van der Waals surface area contributed by atoms with E-state index in [0.717, 1.165) is 4.90 Å². The summed E-state index contributed by atoms with van der Waals surface area (Å²) in [6.45, 7) is -0.166. The van der Waals surface area contributed by atoms with Crippen LogP contribution in [0.1, 0.15) is 6.42 Å². The summed E-state index contributed by atoms with van der Waals surface area (Å²) >= 11 is 6.06. The molecule has 1 aromatic carbocycles. The monoisotopic (exact) mass is 310 g/mol. The summed E-state index contributed by atoms with van der Waals surface area (Å²) < 4.78 is 0. The summed E-state index contributed by atoms with van der Waals surface area (Å²) in [4.78, 5) is 37.4. The lowest BCUT2D eigenvalue weighted by atomic mass is 10.1. The van der Waals surface area contributed by atoms with Gasteiger partial charge in [-0.25, -0.2) is 0 Å². The SMILES string of the molecule is CN(CC(=O)O)C(=O)[C@@H]1CC(=O)N(c2ccccc2Cl)C1. The highest BCUT2D eigenvalue weighted by Gasteiger charge is 2.37. The number of carbonyl (C=O) groups is 3. The van der Waals surface area contributed by atoms with Gasteiger partial charge in [0.15, 0.2) is 0 Å². The predicted octanol–water partition coefficient (Wildman–Crippen LogP) is 1.24. The molecule has 0 unspecified atom stereocenters. The number of carboxylic acid groups (broad SMARTS) is 1. The van der Waals surface area contributed by atoms with Crippen LogP contribution in [-0.2, 0) is 14.4 Å². The molecule has 0 aromatic heterocycles. The first-order chi connectivity index (χ1) is 9.90. The van der Waals surface area contributed by atoms with Crippen molar-refractivity contribution in [3.63, 3.8) is 0 Å². The Kier molecular flexibility index (Phi) is 4.47. The number of carboxylic acids is 1. The maximum Gasteiger partial charge on any atom is 0.323 e. The van der Waals surface area contributed by atoms with Gasteiger partial charge >= 0.3 is 5.97 Å². The number of anilines is 1. The molecule has 1 heterocycles. The van der Waals surface area contributed by atoms with E-state index in [0.29, 0.717) is 10.7 Å². The van der Waals surface area contributed by atoms with Crippen LogP contribution in [0.15, 0.2) is 24.3 Å². The molecule has 2 rings (SSSR count). The third-order valence-electron chi connectivity index (χ3n) is 3.37. The highest BCUT2D eigenvalue weighted by Crippen LogP contribution is 2.31. The first kappa shape index (κ1) is 15.3. The molecule has 0 radical (unpaired) electrons. The number of likely N-dealkylation sites (N-methyl/N-ethyl adjacent to an activating group) is 1. The van der Waals surface area contributed by atoms with Crippen LogP contribution in [0.4, 0.5) is 5.69 Å². The number of halogens is 1. The van der Waals surface area contributed by atoms with E-state index in [-0.39, 0.29) is 31.3 Å². The van der Waals surface area contributed by atoms with Crippen LogP contribution in [-0.4, -0.2) is 47.9 Å². The number of nitrogens with zero attached hydrogens (tertiary/aromatic N) is 2. The van der Waals surface area contributed by atoms with Crippen LogP contribution in [0.25, 0.3) is 0 Å². The molecular weight excluding hydrogens is 296 g/mol. The van der Waals surface area contributed by atoms with Gasteiger partial charge in [0, 0.05) is 20.0 Å².